The summed E-state index contributed by atoms with van der Waals surface area (Å²) in [6.07, 6.45) is 6.74. The van der Waals surface area contributed by atoms with Gasteiger partial charge in [0.05, 0.1) is 32.7 Å². The summed E-state index contributed by atoms with van der Waals surface area (Å²) in [7, 11) is 0. The molecule has 4 aromatic heterocycles. The zero-order valence-electron chi connectivity index (χ0n) is 23.3. The average molecular weight is 629 g/mol. The van der Waals surface area contributed by atoms with Gasteiger partial charge in [-0.2, -0.15) is 0 Å². The van der Waals surface area contributed by atoms with E-state index in [0.717, 1.165) is 59.0 Å². The second-order valence-electron chi connectivity index (χ2n) is 11.0. The molecule has 222 valence electrons. The number of thiazole rings is 1. The highest BCUT2D eigenvalue weighted by molar-refractivity contribution is 7.21. The second kappa shape index (κ2) is 11.2. The van der Waals surface area contributed by atoms with Crippen LogP contribution in [0.15, 0.2) is 66.2 Å². The van der Waals surface area contributed by atoms with Crippen LogP contribution in [0.1, 0.15) is 64.3 Å². The van der Waals surface area contributed by atoms with Crippen molar-refractivity contribution in [3.8, 4) is 22.5 Å². The molecule has 11 heteroatoms. The Morgan fingerprint density at radius 3 is 2.48 bits per heavy atom. The van der Waals surface area contributed by atoms with Gasteiger partial charge in [-0.15, -0.1) is 22.7 Å². The molecule has 0 radical (unpaired) electrons. The number of thiophene rings is 1. The summed E-state index contributed by atoms with van der Waals surface area (Å²) in [5, 5.41) is 12.9. The SMILES string of the molecule is NC(=O)C(c1nccs1)n1c(-c2ccc3nc(-c4c(F)cccc4F)ccc3c2)c(C2CCCCC2)c2sc(C(=O)O)cc21. The van der Waals surface area contributed by atoms with Gasteiger partial charge in [-0.1, -0.05) is 37.5 Å². The maximum Gasteiger partial charge on any atom is 0.345 e. The summed E-state index contributed by atoms with van der Waals surface area (Å²) in [4.78, 5) is 34.5. The third-order valence-electron chi connectivity index (χ3n) is 8.33. The van der Waals surface area contributed by atoms with Crippen LogP contribution < -0.4 is 5.73 Å². The number of carbonyl (C=O) groups excluding carboxylic acids is 1. The highest BCUT2D eigenvalue weighted by Crippen LogP contribution is 2.49. The number of rotatable bonds is 7. The maximum atomic E-state index is 14.5. The van der Waals surface area contributed by atoms with Gasteiger partial charge in [-0.05, 0) is 66.3 Å². The molecule has 0 spiro atoms. The molecule has 1 fully saturated rings. The Morgan fingerprint density at radius 2 is 1.80 bits per heavy atom. The molecule has 0 aliphatic heterocycles. The molecule has 3 N–H and O–H groups in total. The molecule has 7 nitrogen and oxygen atoms in total. The predicted octanol–water partition coefficient (Wildman–Crippen LogP) is 8.14. The molecule has 1 unspecified atom stereocenters. The number of carbonyl (C=O) groups is 2. The average Bonchev–Trinajstić information content (AvgIpc) is 3.75. The number of carboxylic acids is 1. The molecule has 1 amide bonds. The largest absolute Gasteiger partial charge is 0.477 e. The minimum atomic E-state index is -1.03. The van der Waals surface area contributed by atoms with Gasteiger partial charge >= 0.3 is 5.97 Å². The molecule has 4 heterocycles. The van der Waals surface area contributed by atoms with Crippen LogP contribution in [-0.2, 0) is 4.79 Å². The summed E-state index contributed by atoms with van der Waals surface area (Å²) in [6, 6.07) is 13.4. The van der Waals surface area contributed by atoms with Gasteiger partial charge in [0.25, 0.3) is 0 Å². The van der Waals surface area contributed by atoms with E-state index in [2.05, 4.69) is 9.97 Å². The van der Waals surface area contributed by atoms with Crippen molar-refractivity contribution in [2.75, 3.05) is 0 Å². The van der Waals surface area contributed by atoms with E-state index >= 15 is 0 Å². The number of fused-ring (bicyclic) bond motifs is 2. The van der Waals surface area contributed by atoms with Gasteiger partial charge in [-0.25, -0.2) is 23.5 Å². The second-order valence-corrected chi connectivity index (χ2v) is 13.0. The van der Waals surface area contributed by atoms with E-state index in [0.29, 0.717) is 16.0 Å². The minimum Gasteiger partial charge on any atom is -0.477 e. The number of pyridine rings is 1. The third-order valence-corrected chi connectivity index (χ3v) is 10.3. The summed E-state index contributed by atoms with van der Waals surface area (Å²) in [6.45, 7) is 0. The van der Waals surface area contributed by atoms with Crippen LogP contribution in [0.25, 0.3) is 43.6 Å². The van der Waals surface area contributed by atoms with Crippen LogP contribution in [0, 0.1) is 11.6 Å². The van der Waals surface area contributed by atoms with Gasteiger partial charge in [0.2, 0.25) is 5.91 Å². The van der Waals surface area contributed by atoms with E-state index in [9.17, 15) is 23.5 Å². The monoisotopic (exact) mass is 628 g/mol. The Bertz CT molecular complexity index is 2040. The molecule has 1 aliphatic rings. The lowest BCUT2D eigenvalue weighted by molar-refractivity contribution is -0.119. The van der Waals surface area contributed by atoms with Crippen molar-refractivity contribution >= 4 is 55.7 Å². The van der Waals surface area contributed by atoms with E-state index < -0.39 is 29.6 Å². The fourth-order valence-electron chi connectivity index (χ4n) is 6.43. The summed E-state index contributed by atoms with van der Waals surface area (Å²) >= 11 is 2.53. The van der Waals surface area contributed by atoms with E-state index in [-0.39, 0.29) is 22.1 Å². The smallest absolute Gasteiger partial charge is 0.345 e. The van der Waals surface area contributed by atoms with Crippen molar-refractivity contribution in [1.82, 2.24) is 14.5 Å². The van der Waals surface area contributed by atoms with Crippen molar-refractivity contribution in [3.63, 3.8) is 0 Å². The molecule has 1 atom stereocenters. The van der Waals surface area contributed by atoms with Crippen molar-refractivity contribution < 1.29 is 23.5 Å². The van der Waals surface area contributed by atoms with Crippen molar-refractivity contribution in [2.45, 2.75) is 44.1 Å². The topological polar surface area (TPSA) is 111 Å². The number of primary amides is 1. The highest BCUT2D eigenvalue weighted by atomic mass is 32.1. The van der Waals surface area contributed by atoms with Crippen LogP contribution in [0.2, 0.25) is 0 Å². The first-order chi connectivity index (χ1) is 21.3. The fraction of sp³-hybridized carbons (Fsp3) is 0.212. The number of hydrogen-bond acceptors (Lipinski definition) is 6. The number of nitrogens with two attached hydrogens (primary N) is 1. The van der Waals surface area contributed by atoms with Crippen molar-refractivity contribution in [3.05, 3.63) is 93.3 Å². The first-order valence-corrected chi connectivity index (χ1v) is 16.0. The van der Waals surface area contributed by atoms with E-state index in [4.69, 9.17) is 5.73 Å². The molecule has 44 heavy (non-hydrogen) atoms. The highest BCUT2D eigenvalue weighted by Gasteiger charge is 2.34. The van der Waals surface area contributed by atoms with Gasteiger partial charge in [-0.3, -0.25) is 4.79 Å². The molecular weight excluding hydrogens is 603 g/mol. The van der Waals surface area contributed by atoms with Gasteiger partial charge in [0, 0.05) is 17.0 Å². The standard InChI is InChI=1S/C33H26F2N4O3S2/c34-20-7-4-8-21(35)27(20)23-12-9-18-15-19(10-11-22(18)38-23)28-26(17-5-2-1-3-6-17)30-24(16-25(44-30)33(41)42)39(28)29(31(36)40)32-37-13-14-43-32/h4,7-17,29H,1-3,5-6H2,(H2,36,40)(H,41,42). The number of nitrogens with zero attached hydrogens (tertiary/aromatic N) is 3. The first-order valence-electron chi connectivity index (χ1n) is 14.3. The molecule has 7 rings (SSSR count). The van der Waals surface area contributed by atoms with Crippen molar-refractivity contribution in [2.24, 2.45) is 5.73 Å². The van der Waals surface area contributed by atoms with Crippen LogP contribution in [0.3, 0.4) is 0 Å². The van der Waals surface area contributed by atoms with E-state index in [1.54, 1.807) is 35.8 Å². The Balaban J connectivity index is 1.49. The Labute approximate surface area is 258 Å². The number of carboxylic acid groups (broad SMARTS) is 1. The number of amides is 1. The Hall–Kier alpha value is -4.48. The van der Waals surface area contributed by atoms with Crippen LogP contribution >= 0.6 is 22.7 Å². The van der Waals surface area contributed by atoms with Gasteiger partial charge in [0.15, 0.2) is 6.04 Å². The molecule has 6 aromatic rings. The molecule has 0 saturated heterocycles. The summed E-state index contributed by atoms with van der Waals surface area (Å²) in [5.41, 5.74) is 9.84. The zero-order valence-corrected chi connectivity index (χ0v) is 24.9. The lowest BCUT2D eigenvalue weighted by Crippen LogP contribution is -2.28. The van der Waals surface area contributed by atoms with E-state index in [1.165, 1.54) is 40.9 Å². The maximum absolute atomic E-state index is 14.5. The first kappa shape index (κ1) is 28.3. The fourth-order valence-corrected chi connectivity index (χ4v) is 8.28. The molecule has 0 bridgehead atoms. The van der Waals surface area contributed by atoms with Gasteiger partial charge < -0.3 is 15.4 Å². The number of aromatic carboxylic acids is 1. The van der Waals surface area contributed by atoms with Crippen LogP contribution in [-0.4, -0.2) is 31.5 Å². The molecule has 2 aromatic carbocycles. The number of aromatic nitrogens is 3. The number of halogens is 2. The number of hydrogen-bond donors (Lipinski definition) is 2. The lowest BCUT2D eigenvalue weighted by Gasteiger charge is -2.25. The number of benzene rings is 2. The van der Waals surface area contributed by atoms with Crippen molar-refractivity contribution in [1.29, 1.82) is 0 Å². The van der Waals surface area contributed by atoms with Crippen LogP contribution in [0.5, 0.6) is 0 Å². The molecule has 1 aliphatic carbocycles. The Morgan fingerprint density at radius 1 is 1.02 bits per heavy atom. The van der Waals surface area contributed by atoms with Gasteiger partial charge in [0.1, 0.15) is 21.5 Å². The Kier molecular flexibility index (Phi) is 7.22. The molecular formula is C33H26F2N4O3S2. The summed E-state index contributed by atoms with van der Waals surface area (Å²) in [5.74, 6) is -2.85. The molecule has 1 saturated carbocycles. The zero-order chi connectivity index (χ0) is 30.5. The normalized spacial score (nSPS) is 14.8. The summed E-state index contributed by atoms with van der Waals surface area (Å²) < 4.78 is 31.8. The van der Waals surface area contributed by atoms with E-state index in [1.807, 2.05) is 16.7 Å². The van der Waals surface area contributed by atoms with Crippen LogP contribution in [0.4, 0.5) is 8.78 Å². The predicted molar refractivity (Wildman–Crippen MR) is 168 cm³/mol. The quantitative estimate of drug-likeness (QED) is 0.185. The minimum absolute atomic E-state index is 0.160. The third kappa shape index (κ3) is 4.76. The lowest BCUT2D eigenvalue weighted by atomic mass is 9.83.